The lowest BCUT2D eigenvalue weighted by atomic mass is 10.1. The van der Waals surface area contributed by atoms with E-state index in [-0.39, 0.29) is 0 Å². The summed E-state index contributed by atoms with van der Waals surface area (Å²) in [6.45, 7) is 5.06. The first kappa shape index (κ1) is 14.3. The van der Waals surface area contributed by atoms with Gasteiger partial charge in [0.2, 0.25) is 0 Å². The third kappa shape index (κ3) is 3.26. The van der Waals surface area contributed by atoms with Gasteiger partial charge >= 0.3 is 0 Å². The number of aryl methyl sites for hydroxylation is 1. The molecule has 1 heterocycles. The number of hydrogen-bond acceptors (Lipinski definition) is 4. The van der Waals surface area contributed by atoms with Crippen molar-refractivity contribution < 1.29 is 0 Å². The zero-order valence-corrected chi connectivity index (χ0v) is 12.4. The van der Waals surface area contributed by atoms with Gasteiger partial charge in [-0.15, -0.1) is 0 Å². The van der Waals surface area contributed by atoms with Crippen molar-refractivity contribution in [2.24, 2.45) is 0 Å². The molecule has 0 atom stereocenters. The van der Waals surface area contributed by atoms with Crippen molar-refractivity contribution in [3.05, 3.63) is 47.3 Å². The van der Waals surface area contributed by atoms with Crippen LogP contribution in [0.2, 0.25) is 0 Å². The molecule has 20 heavy (non-hydrogen) atoms. The van der Waals surface area contributed by atoms with Gasteiger partial charge in [0.15, 0.2) is 0 Å². The van der Waals surface area contributed by atoms with Crippen LogP contribution >= 0.6 is 0 Å². The minimum atomic E-state index is 0.591. The van der Waals surface area contributed by atoms with Crippen molar-refractivity contribution in [2.45, 2.75) is 33.2 Å². The van der Waals surface area contributed by atoms with Crippen molar-refractivity contribution in [2.75, 3.05) is 17.7 Å². The molecule has 0 radical (unpaired) electrons. The molecule has 0 aliphatic heterocycles. The largest absolute Gasteiger partial charge is 0.383 e. The Balaban J connectivity index is 2.25. The van der Waals surface area contributed by atoms with Crippen molar-refractivity contribution in [3.63, 3.8) is 0 Å². The van der Waals surface area contributed by atoms with Crippen molar-refractivity contribution >= 4 is 11.6 Å². The topological polar surface area (TPSA) is 55.0 Å². The highest BCUT2D eigenvalue weighted by Crippen LogP contribution is 2.23. The molecule has 0 unspecified atom stereocenters. The summed E-state index contributed by atoms with van der Waals surface area (Å²) in [5.41, 5.74) is 9.57. The van der Waals surface area contributed by atoms with E-state index < -0.39 is 0 Å². The Bertz CT molecular complexity index is 580. The van der Waals surface area contributed by atoms with Crippen LogP contribution in [0.5, 0.6) is 0 Å². The summed E-state index contributed by atoms with van der Waals surface area (Å²) in [6, 6.07) is 8.52. The lowest BCUT2D eigenvalue weighted by Gasteiger charge is -2.22. The number of rotatable bonds is 5. The minimum Gasteiger partial charge on any atom is -0.383 e. The average Bonchev–Trinajstić information content (AvgIpc) is 2.41. The summed E-state index contributed by atoms with van der Waals surface area (Å²) >= 11 is 0. The number of nitrogen functional groups attached to an aromatic ring is 1. The number of benzene rings is 1. The first-order valence-corrected chi connectivity index (χ1v) is 6.97. The minimum absolute atomic E-state index is 0.591. The van der Waals surface area contributed by atoms with Crippen LogP contribution < -0.4 is 10.6 Å². The molecular formula is C16H22N4. The Kier molecular flexibility index (Phi) is 4.56. The number of anilines is 2. The summed E-state index contributed by atoms with van der Waals surface area (Å²) < 4.78 is 0. The first-order valence-electron chi connectivity index (χ1n) is 6.97. The maximum Gasteiger partial charge on any atom is 0.137 e. The smallest absolute Gasteiger partial charge is 0.137 e. The molecule has 0 aliphatic rings. The summed E-state index contributed by atoms with van der Waals surface area (Å²) in [6.07, 6.45) is 3.47. The second-order valence-electron chi connectivity index (χ2n) is 5.16. The third-order valence-electron chi connectivity index (χ3n) is 3.32. The van der Waals surface area contributed by atoms with Crippen LogP contribution in [0.4, 0.5) is 11.6 Å². The normalized spacial score (nSPS) is 10.6. The molecule has 1 aromatic heterocycles. The molecule has 2 aromatic rings. The monoisotopic (exact) mass is 270 g/mol. The predicted octanol–water partition coefficient (Wildman–Crippen LogP) is 2.96. The fraction of sp³-hybridized carbons (Fsp3) is 0.375. The standard InChI is InChI=1S/C16H22N4/c1-4-6-14-15(17)18-11-19-16(14)20(3)10-13-8-5-7-12(2)9-13/h5,7-9,11H,4,6,10H2,1-3H3,(H2,17,18,19). The highest BCUT2D eigenvalue weighted by Gasteiger charge is 2.12. The highest BCUT2D eigenvalue weighted by atomic mass is 15.2. The Labute approximate surface area is 120 Å². The Morgan fingerprint density at radius 3 is 2.75 bits per heavy atom. The van der Waals surface area contributed by atoms with E-state index in [4.69, 9.17) is 5.73 Å². The Morgan fingerprint density at radius 2 is 2.05 bits per heavy atom. The van der Waals surface area contributed by atoms with Gasteiger partial charge in [0.25, 0.3) is 0 Å². The van der Waals surface area contributed by atoms with Crippen LogP contribution in [0.3, 0.4) is 0 Å². The van der Waals surface area contributed by atoms with E-state index >= 15 is 0 Å². The molecule has 0 saturated carbocycles. The maximum atomic E-state index is 5.98. The van der Waals surface area contributed by atoms with Crippen LogP contribution in [0.25, 0.3) is 0 Å². The lowest BCUT2D eigenvalue weighted by molar-refractivity contribution is 0.845. The zero-order chi connectivity index (χ0) is 14.5. The van der Waals surface area contributed by atoms with Gasteiger partial charge in [0.05, 0.1) is 0 Å². The van der Waals surface area contributed by atoms with Gasteiger partial charge < -0.3 is 10.6 Å². The molecule has 1 aromatic carbocycles. The molecule has 0 amide bonds. The summed E-state index contributed by atoms with van der Waals surface area (Å²) in [5, 5.41) is 0. The summed E-state index contributed by atoms with van der Waals surface area (Å²) in [4.78, 5) is 10.7. The quantitative estimate of drug-likeness (QED) is 0.907. The average molecular weight is 270 g/mol. The number of nitrogens with two attached hydrogens (primary N) is 1. The Morgan fingerprint density at radius 1 is 1.25 bits per heavy atom. The molecule has 2 N–H and O–H groups in total. The molecule has 4 heteroatoms. The van der Waals surface area contributed by atoms with E-state index in [9.17, 15) is 0 Å². The van der Waals surface area contributed by atoms with Gasteiger partial charge in [-0.3, -0.25) is 0 Å². The van der Waals surface area contributed by atoms with Gasteiger partial charge in [-0.1, -0.05) is 43.2 Å². The van der Waals surface area contributed by atoms with Crippen LogP contribution in [0, 0.1) is 6.92 Å². The molecule has 0 saturated heterocycles. The van der Waals surface area contributed by atoms with Crippen molar-refractivity contribution in [3.8, 4) is 0 Å². The van der Waals surface area contributed by atoms with E-state index in [0.717, 1.165) is 30.8 Å². The highest BCUT2D eigenvalue weighted by molar-refractivity contribution is 5.56. The van der Waals surface area contributed by atoms with E-state index in [1.54, 1.807) is 0 Å². The van der Waals surface area contributed by atoms with Crippen molar-refractivity contribution in [1.82, 2.24) is 9.97 Å². The number of nitrogens with zero attached hydrogens (tertiary/aromatic N) is 3. The first-order chi connectivity index (χ1) is 9.61. The third-order valence-corrected chi connectivity index (χ3v) is 3.32. The molecule has 4 nitrogen and oxygen atoms in total. The van der Waals surface area contributed by atoms with E-state index in [0.29, 0.717) is 5.82 Å². The molecule has 0 spiro atoms. The van der Waals surface area contributed by atoms with Crippen LogP contribution in [-0.4, -0.2) is 17.0 Å². The maximum absolute atomic E-state index is 5.98. The fourth-order valence-electron chi connectivity index (χ4n) is 2.39. The van der Waals surface area contributed by atoms with E-state index in [1.807, 2.05) is 7.05 Å². The Hall–Kier alpha value is -2.10. The lowest BCUT2D eigenvalue weighted by Crippen LogP contribution is -2.20. The van der Waals surface area contributed by atoms with Crippen LogP contribution in [0.1, 0.15) is 30.0 Å². The molecule has 0 aliphatic carbocycles. The van der Waals surface area contributed by atoms with Crippen LogP contribution in [0.15, 0.2) is 30.6 Å². The second kappa shape index (κ2) is 6.37. The van der Waals surface area contributed by atoms with E-state index in [1.165, 1.54) is 17.5 Å². The molecular weight excluding hydrogens is 248 g/mol. The van der Waals surface area contributed by atoms with E-state index in [2.05, 4.69) is 53.0 Å². The zero-order valence-electron chi connectivity index (χ0n) is 12.4. The van der Waals surface area contributed by atoms with Crippen LogP contribution in [-0.2, 0) is 13.0 Å². The molecule has 0 fully saturated rings. The number of aromatic nitrogens is 2. The molecule has 2 rings (SSSR count). The number of hydrogen-bond donors (Lipinski definition) is 1. The van der Waals surface area contributed by atoms with Crippen molar-refractivity contribution in [1.29, 1.82) is 0 Å². The van der Waals surface area contributed by atoms with Gasteiger partial charge in [-0.25, -0.2) is 9.97 Å². The molecule has 0 bridgehead atoms. The van der Waals surface area contributed by atoms with Gasteiger partial charge in [0.1, 0.15) is 18.0 Å². The van der Waals surface area contributed by atoms with Gasteiger partial charge in [0, 0.05) is 19.2 Å². The fourth-order valence-corrected chi connectivity index (χ4v) is 2.39. The SMILES string of the molecule is CCCc1c(N)ncnc1N(C)Cc1cccc(C)c1. The summed E-state index contributed by atoms with van der Waals surface area (Å²) in [7, 11) is 2.04. The summed E-state index contributed by atoms with van der Waals surface area (Å²) in [5.74, 6) is 1.52. The molecule has 106 valence electrons. The predicted molar refractivity (Wildman–Crippen MR) is 83.7 cm³/mol. The second-order valence-corrected chi connectivity index (χ2v) is 5.16. The van der Waals surface area contributed by atoms with Gasteiger partial charge in [-0.2, -0.15) is 0 Å². The van der Waals surface area contributed by atoms with Gasteiger partial charge in [-0.05, 0) is 18.9 Å².